The van der Waals surface area contributed by atoms with E-state index >= 15 is 0 Å². The third kappa shape index (κ3) is 2.87. The summed E-state index contributed by atoms with van der Waals surface area (Å²) >= 11 is 1.05. The van der Waals surface area contributed by atoms with Gasteiger partial charge in [-0.05, 0) is 12.3 Å². The summed E-state index contributed by atoms with van der Waals surface area (Å²) in [6.45, 7) is 0.787. The Morgan fingerprint density at radius 3 is 2.69 bits per heavy atom. The van der Waals surface area contributed by atoms with Crippen molar-refractivity contribution in [1.82, 2.24) is 4.98 Å². The summed E-state index contributed by atoms with van der Waals surface area (Å²) in [6, 6.07) is 0. The zero-order chi connectivity index (χ0) is 11.8. The lowest BCUT2D eigenvalue weighted by Gasteiger charge is -2.15. The maximum atomic E-state index is 12.3. The van der Waals surface area contributed by atoms with Gasteiger partial charge in [-0.15, -0.1) is 11.3 Å². The van der Waals surface area contributed by atoms with Gasteiger partial charge in [0, 0.05) is 19.0 Å². The molecule has 0 aromatic carbocycles. The minimum atomic E-state index is -4.33. The van der Waals surface area contributed by atoms with Crippen LogP contribution in [0.1, 0.15) is 25.0 Å². The number of hydrogen-bond donors (Lipinski definition) is 0. The topological polar surface area (TPSA) is 16.1 Å². The van der Waals surface area contributed by atoms with Crippen molar-refractivity contribution in [1.29, 1.82) is 0 Å². The SMILES string of the molecule is CN(CCC1CC1)c1nc(C(F)(F)F)cs1. The van der Waals surface area contributed by atoms with Gasteiger partial charge in [-0.25, -0.2) is 4.98 Å². The molecule has 0 aliphatic heterocycles. The molecule has 1 fully saturated rings. The average Bonchev–Trinajstić information content (AvgIpc) is 2.86. The maximum Gasteiger partial charge on any atom is 0.434 e. The molecule has 0 saturated heterocycles. The molecule has 1 aromatic heterocycles. The molecule has 0 radical (unpaired) electrons. The Labute approximate surface area is 96.1 Å². The average molecular weight is 250 g/mol. The Hall–Kier alpha value is -0.780. The smallest absolute Gasteiger partial charge is 0.351 e. The largest absolute Gasteiger partial charge is 0.434 e. The molecular formula is C10H13F3N2S. The molecule has 1 aromatic rings. The second-order valence-corrected chi connectivity index (χ2v) is 5.00. The van der Waals surface area contributed by atoms with Gasteiger partial charge in [0.1, 0.15) is 0 Å². The Morgan fingerprint density at radius 2 is 2.19 bits per heavy atom. The second kappa shape index (κ2) is 4.24. The van der Waals surface area contributed by atoms with Crippen LogP contribution in [0.15, 0.2) is 5.38 Å². The fourth-order valence-corrected chi connectivity index (χ4v) is 2.27. The number of nitrogens with zero attached hydrogens (tertiary/aromatic N) is 2. The molecule has 2 rings (SSSR count). The lowest BCUT2D eigenvalue weighted by atomic mass is 10.3. The molecular weight excluding hydrogens is 237 g/mol. The van der Waals surface area contributed by atoms with Crippen LogP contribution in [0.5, 0.6) is 0 Å². The van der Waals surface area contributed by atoms with Crippen LogP contribution in [0, 0.1) is 5.92 Å². The van der Waals surface area contributed by atoms with Crippen molar-refractivity contribution in [2.24, 2.45) is 5.92 Å². The fourth-order valence-electron chi connectivity index (χ4n) is 1.45. The van der Waals surface area contributed by atoms with E-state index in [0.29, 0.717) is 5.13 Å². The molecule has 1 aliphatic carbocycles. The quantitative estimate of drug-likeness (QED) is 0.814. The minimum Gasteiger partial charge on any atom is -0.351 e. The predicted octanol–water partition coefficient (Wildman–Crippen LogP) is 3.40. The van der Waals surface area contributed by atoms with Crippen molar-refractivity contribution in [3.05, 3.63) is 11.1 Å². The summed E-state index contributed by atoms with van der Waals surface area (Å²) in [7, 11) is 1.79. The number of anilines is 1. The molecule has 0 bridgehead atoms. The van der Waals surface area contributed by atoms with Crippen LogP contribution in [0.3, 0.4) is 0 Å². The molecule has 0 atom stereocenters. The molecule has 0 amide bonds. The van der Waals surface area contributed by atoms with Gasteiger partial charge in [0.05, 0.1) is 0 Å². The monoisotopic (exact) mass is 250 g/mol. The molecule has 90 valence electrons. The molecule has 0 unspecified atom stereocenters. The standard InChI is InChI=1S/C10H13F3N2S/c1-15(5-4-7-2-3-7)9-14-8(6-16-9)10(11,12)13/h6-7H,2-5H2,1H3. The van der Waals surface area contributed by atoms with Gasteiger partial charge in [0.25, 0.3) is 0 Å². The van der Waals surface area contributed by atoms with Gasteiger partial charge < -0.3 is 4.90 Å². The van der Waals surface area contributed by atoms with E-state index < -0.39 is 11.9 Å². The van der Waals surface area contributed by atoms with E-state index in [4.69, 9.17) is 0 Å². The molecule has 1 aliphatic rings. The van der Waals surface area contributed by atoms with Crippen LogP contribution in [0.25, 0.3) is 0 Å². The van der Waals surface area contributed by atoms with Crippen LogP contribution in [0.2, 0.25) is 0 Å². The Bertz CT molecular complexity index is 357. The minimum absolute atomic E-state index is 0.452. The lowest BCUT2D eigenvalue weighted by molar-refractivity contribution is -0.140. The highest BCUT2D eigenvalue weighted by Crippen LogP contribution is 2.35. The van der Waals surface area contributed by atoms with Crippen LogP contribution in [-0.2, 0) is 6.18 Å². The number of halogens is 3. The first-order valence-electron chi connectivity index (χ1n) is 5.20. The fraction of sp³-hybridized carbons (Fsp3) is 0.700. The summed E-state index contributed by atoms with van der Waals surface area (Å²) in [4.78, 5) is 5.40. The van der Waals surface area contributed by atoms with E-state index in [1.807, 2.05) is 0 Å². The molecule has 1 saturated carbocycles. The van der Waals surface area contributed by atoms with Crippen LogP contribution in [0.4, 0.5) is 18.3 Å². The number of hydrogen-bond acceptors (Lipinski definition) is 3. The van der Waals surface area contributed by atoms with E-state index in [2.05, 4.69) is 4.98 Å². The third-order valence-electron chi connectivity index (χ3n) is 2.68. The van der Waals surface area contributed by atoms with Crippen molar-refractivity contribution in [3.8, 4) is 0 Å². The van der Waals surface area contributed by atoms with Gasteiger partial charge >= 0.3 is 6.18 Å². The first-order chi connectivity index (χ1) is 7.47. The molecule has 1 heterocycles. The zero-order valence-corrected chi connectivity index (χ0v) is 9.74. The van der Waals surface area contributed by atoms with Gasteiger partial charge in [-0.1, -0.05) is 12.8 Å². The van der Waals surface area contributed by atoms with Crippen molar-refractivity contribution in [3.63, 3.8) is 0 Å². The molecule has 0 N–H and O–H groups in total. The van der Waals surface area contributed by atoms with E-state index in [9.17, 15) is 13.2 Å². The molecule has 0 spiro atoms. The maximum absolute atomic E-state index is 12.3. The van der Waals surface area contributed by atoms with Gasteiger partial charge in [-0.2, -0.15) is 13.2 Å². The highest BCUT2D eigenvalue weighted by Gasteiger charge is 2.34. The van der Waals surface area contributed by atoms with Gasteiger partial charge in [-0.3, -0.25) is 0 Å². The van der Waals surface area contributed by atoms with Crippen molar-refractivity contribution < 1.29 is 13.2 Å². The highest BCUT2D eigenvalue weighted by molar-refractivity contribution is 7.13. The van der Waals surface area contributed by atoms with Crippen molar-refractivity contribution in [2.75, 3.05) is 18.5 Å². The van der Waals surface area contributed by atoms with Gasteiger partial charge in [0.2, 0.25) is 0 Å². The lowest BCUT2D eigenvalue weighted by Crippen LogP contribution is -2.19. The third-order valence-corrected chi connectivity index (χ3v) is 3.63. The van der Waals surface area contributed by atoms with Crippen LogP contribution in [-0.4, -0.2) is 18.6 Å². The van der Waals surface area contributed by atoms with E-state index in [1.54, 1.807) is 11.9 Å². The summed E-state index contributed by atoms with van der Waals surface area (Å²) in [6.07, 6.45) is -0.747. The van der Waals surface area contributed by atoms with E-state index in [1.165, 1.54) is 12.8 Å². The summed E-state index contributed by atoms with van der Waals surface area (Å²) in [5.74, 6) is 0.782. The van der Waals surface area contributed by atoms with Crippen LogP contribution >= 0.6 is 11.3 Å². The predicted molar refractivity (Wildman–Crippen MR) is 57.7 cm³/mol. The van der Waals surface area contributed by atoms with E-state index in [-0.39, 0.29) is 0 Å². The number of rotatable bonds is 4. The first-order valence-corrected chi connectivity index (χ1v) is 6.08. The zero-order valence-electron chi connectivity index (χ0n) is 8.92. The normalized spacial score (nSPS) is 16.5. The number of aromatic nitrogens is 1. The second-order valence-electron chi connectivity index (χ2n) is 4.17. The number of alkyl halides is 3. The first kappa shape index (κ1) is 11.7. The van der Waals surface area contributed by atoms with Crippen molar-refractivity contribution >= 4 is 16.5 Å². The highest BCUT2D eigenvalue weighted by atomic mass is 32.1. The molecule has 16 heavy (non-hydrogen) atoms. The molecule has 2 nitrogen and oxygen atoms in total. The molecule has 6 heteroatoms. The van der Waals surface area contributed by atoms with Gasteiger partial charge in [0.15, 0.2) is 10.8 Å². The Balaban J connectivity index is 1.94. The summed E-state index contributed by atoms with van der Waals surface area (Å²) in [5, 5.41) is 1.52. The van der Waals surface area contributed by atoms with Crippen LogP contribution < -0.4 is 4.90 Å². The summed E-state index contributed by atoms with van der Waals surface area (Å²) < 4.78 is 36.9. The van der Waals surface area contributed by atoms with Crippen molar-refractivity contribution in [2.45, 2.75) is 25.4 Å². The Kier molecular flexibility index (Phi) is 3.10. The Morgan fingerprint density at radius 1 is 1.50 bits per heavy atom. The summed E-state index contributed by atoms with van der Waals surface area (Å²) in [5.41, 5.74) is -0.786. The number of thiazole rings is 1. The van der Waals surface area contributed by atoms with E-state index in [0.717, 1.165) is 35.6 Å².